The summed E-state index contributed by atoms with van der Waals surface area (Å²) in [6.07, 6.45) is 2.24. The maximum absolute atomic E-state index is 6.01. The van der Waals surface area contributed by atoms with Crippen LogP contribution in [0.5, 0.6) is 0 Å². The molecule has 2 aromatic carbocycles. The van der Waals surface area contributed by atoms with Crippen LogP contribution in [-0.2, 0) is 6.42 Å². The summed E-state index contributed by atoms with van der Waals surface area (Å²) in [6, 6.07) is 14.1. The SMILES string of the molecule is CCCc1cccc(-c2cc(Cl)ccc2N)c1. The third kappa shape index (κ3) is 2.80. The molecule has 0 unspecified atom stereocenters. The van der Waals surface area contributed by atoms with Gasteiger partial charge in [0.15, 0.2) is 0 Å². The second-order valence-corrected chi connectivity index (χ2v) is 4.62. The Balaban J connectivity index is 2.45. The molecule has 0 fully saturated rings. The van der Waals surface area contributed by atoms with Crippen molar-refractivity contribution in [1.29, 1.82) is 0 Å². The first kappa shape index (κ1) is 12.0. The van der Waals surface area contributed by atoms with Crippen LogP contribution in [-0.4, -0.2) is 0 Å². The third-order valence-corrected chi connectivity index (χ3v) is 3.03. The van der Waals surface area contributed by atoms with Crippen LogP contribution in [0, 0.1) is 0 Å². The summed E-state index contributed by atoms with van der Waals surface area (Å²) in [5.41, 5.74) is 10.2. The van der Waals surface area contributed by atoms with Gasteiger partial charge in [0.05, 0.1) is 0 Å². The molecule has 0 aliphatic heterocycles. The minimum atomic E-state index is 0.718. The van der Waals surface area contributed by atoms with E-state index in [1.165, 1.54) is 5.56 Å². The van der Waals surface area contributed by atoms with Gasteiger partial charge >= 0.3 is 0 Å². The molecule has 0 heterocycles. The minimum Gasteiger partial charge on any atom is -0.398 e. The zero-order valence-corrected chi connectivity index (χ0v) is 10.7. The zero-order valence-electron chi connectivity index (χ0n) is 9.91. The second-order valence-electron chi connectivity index (χ2n) is 4.18. The molecule has 0 aliphatic carbocycles. The van der Waals surface area contributed by atoms with Crippen molar-refractivity contribution < 1.29 is 0 Å². The topological polar surface area (TPSA) is 26.0 Å². The van der Waals surface area contributed by atoms with Gasteiger partial charge in [-0.1, -0.05) is 49.2 Å². The fourth-order valence-electron chi connectivity index (χ4n) is 1.96. The van der Waals surface area contributed by atoms with Crippen molar-refractivity contribution in [3.8, 4) is 11.1 Å². The molecule has 0 aliphatic rings. The Morgan fingerprint density at radius 1 is 1.12 bits per heavy atom. The molecule has 0 spiro atoms. The molecule has 2 aromatic rings. The zero-order chi connectivity index (χ0) is 12.3. The van der Waals surface area contributed by atoms with E-state index >= 15 is 0 Å². The molecule has 88 valence electrons. The summed E-state index contributed by atoms with van der Waals surface area (Å²) in [6.45, 7) is 2.18. The molecule has 0 bridgehead atoms. The normalized spacial score (nSPS) is 10.5. The van der Waals surface area contributed by atoms with Crippen LogP contribution >= 0.6 is 11.6 Å². The summed E-state index contributed by atoms with van der Waals surface area (Å²) in [5.74, 6) is 0. The maximum atomic E-state index is 6.01. The molecule has 0 saturated heterocycles. The van der Waals surface area contributed by atoms with Gasteiger partial charge in [-0.05, 0) is 35.7 Å². The number of benzene rings is 2. The van der Waals surface area contributed by atoms with Gasteiger partial charge in [-0.3, -0.25) is 0 Å². The van der Waals surface area contributed by atoms with Crippen molar-refractivity contribution in [3.63, 3.8) is 0 Å². The monoisotopic (exact) mass is 245 g/mol. The first-order valence-corrected chi connectivity index (χ1v) is 6.23. The van der Waals surface area contributed by atoms with Crippen LogP contribution in [0.15, 0.2) is 42.5 Å². The first-order chi connectivity index (χ1) is 8.20. The highest BCUT2D eigenvalue weighted by atomic mass is 35.5. The molecule has 2 heteroatoms. The molecule has 2 N–H and O–H groups in total. The van der Waals surface area contributed by atoms with Crippen LogP contribution < -0.4 is 5.73 Å². The highest BCUT2D eigenvalue weighted by Gasteiger charge is 2.04. The average Bonchev–Trinajstić information content (AvgIpc) is 2.33. The summed E-state index contributed by atoms with van der Waals surface area (Å²) in [5, 5.41) is 0.718. The number of aryl methyl sites for hydroxylation is 1. The predicted octanol–water partition coefficient (Wildman–Crippen LogP) is 4.54. The van der Waals surface area contributed by atoms with E-state index < -0.39 is 0 Å². The highest BCUT2D eigenvalue weighted by molar-refractivity contribution is 6.31. The van der Waals surface area contributed by atoms with E-state index in [2.05, 4.69) is 31.2 Å². The van der Waals surface area contributed by atoms with Crippen LogP contribution in [0.4, 0.5) is 5.69 Å². The van der Waals surface area contributed by atoms with Gasteiger partial charge in [-0.25, -0.2) is 0 Å². The maximum Gasteiger partial charge on any atom is 0.0413 e. The molecule has 1 nitrogen and oxygen atoms in total. The van der Waals surface area contributed by atoms with Crippen molar-refractivity contribution >= 4 is 17.3 Å². The lowest BCUT2D eigenvalue weighted by Crippen LogP contribution is -1.91. The van der Waals surface area contributed by atoms with Crippen molar-refractivity contribution in [3.05, 3.63) is 53.1 Å². The van der Waals surface area contributed by atoms with E-state index in [1.807, 2.05) is 18.2 Å². The second kappa shape index (κ2) is 5.24. The number of nitrogens with two attached hydrogens (primary N) is 1. The molecule has 0 atom stereocenters. The Morgan fingerprint density at radius 2 is 1.94 bits per heavy atom. The van der Waals surface area contributed by atoms with Gasteiger partial charge in [-0.15, -0.1) is 0 Å². The van der Waals surface area contributed by atoms with Crippen LogP contribution in [0.1, 0.15) is 18.9 Å². The van der Waals surface area contributed by atoms with E-state index in [4.69, 9.17) is 17.3 Å². The molecule has 0 radical (unpaired) electrons. The van der Waals surface area contributed by atoms with Crippen LogP contribution in [0.2, 0.25) is 5.02 Å². The van der Waals surface area contributed by atoms with Gasteiger partial charge in [0.25, 0.3) is 0 Å². The van der Waals surface area contributed by atoms with E-state index in [0.717, 1.165) is 34.7 Å². The van der Waals surface area contributed by atoms with E-state index in [1.54, 1.807) is 0 Å². The predicted molar refractivity (Wildman–Crippen MR) is 75.3 cm³/mol. The Bertz CT molecular complexity index is 520. The molecule has 0 aromatic heterocycles. The van der Waals surface area contributed by atoms with Crippen LogP contribution in [0.25, 0.3) is 11.1 Å². The van der Waals surface area contributed by atoms with Crippen LogP contribution in [0.3, 0.4) is 0 Å². The molecule has 17 heavy (non-hydrogen) atoms. The van der Waals surface area contributed by atoms with Crippen molar-refractivity contribution in [1.82, 2.24) is 0 Å². The molecular weight excluding hydrogens is 230 g/mol. The lowest BCUT2D eigenvalue weighted by Gasteiger charge is -2.08. The fourth-order valence-corrected chi connectivity index (χ4v) is 2.13. The van der Waals surface area contributed by atoms with Crippen molar-refractivity contribution in [2.45, 2.75) is 19.8 Å². The van der Waals surface area contributed by atoms with E-state index in [-0.39, 0.29) is 0 Å². The Kier molecular flexibility index (Phi) is 3.70. The largest absolute Gasteiger partial charge is 0.398 e. The Hall–Kier alpha value is -1.47. The van der Waals surface area contributed by atoms with E-state index in [0.29, 0.717) is 0 Å². The standard InChI is InChI=1S/C15H16ClN/c1-2-4-11-5-3-6-12(9-11)14-10-13(16)7-8-15(14)17/h3,5-10H,2,4,17H2,1H3. The van der Waals surface area contributed by atoms with Gasteiger partial charge in [0, 0.05) is 16.3 Å². The Morgan fingerprint density at radius 3 is 2.71 bits per heavy atom. The van der Waals surface area contributed by atoms with Gasteiger partial charge in [0.1, 0.15) is 0 Å². The third-order valence-electron chi connectivity index (χ3n) is 2.79. The molecular formula is C15H16ClN. The molecule has 0 amide bonds. The number of hydrogen-bond donors (Lipinski definition) is 1. The highest BCUT2D eigenvalue weighted by Crippen LogP contribution is 2.29. The molecule has 2 rings (SSSR count). The smallest absolute Gasteiger partial charge is 0.0413 e. The Labute approximate surface area is 107 Å². The number of hydrogen-bond acceptors (Lipinski definition) is 1. The van der Waals surface area contributed by atoms with E-state index in [9.17, 15) is 0 Å². The fraction of sp³-hybridized carbons (Fsp3) is 0.200. The van der Waals surface area contributed by atoms with Gasteiger partial charge in [-0.2, -0.15) is 0 Å². The van der Waals surface area contributed by atoms with Gasteiger partial charge < -0.3 is 5.73 Å². The van der Waals surface area contributed by atoms with Gasteiger partial charge in [0.2, 0.25) is 0 Å². The lowest BCUT2D eigenvalue weighted by molar-refractivity contribution is 0.922. The quantitative estimate of drug-likeness (QED) is 0.790. The summed E-state index contributed by atoms with van der Waals surface area (Å²) >= 11 is 6.01. The van der Waals surface area contributed by atoms with Crippen molar-refractivity contribution in [2.24, 2.45) is 0 Å². The number of nitrogen functional groups attached to an aromatic ring is 1. The molecule has 0 saturated carbocycles. The summed E-state index contributed by atoms with van der Waals surface area (Å²) < 4.78 is 0. The number of halogens is 1. The first-order valence-electron chi connectivity index (χ1n) is 5.85. The lowest BCUT2D eigenvalue weighted by atomic mass is 10.00. The average molecular weight is 246 g/mol. The summed E-state index contributed by atoms with van der Waals surface area (Å²) in [7, 11) is 0. The number of rotatable bonds is 3. The number of anilines is 1. The van der Waals surface area contributed by atoms with Crippen molar-refractivity contribution in [2.75, 3.05) is 5.73 Å². The minimum absolute atomic E-state index is 0.718. The summed E-state index contributed by atoms with van der Waals surface area (Å²) in [4.78, 5) is 0.